The van der Waals surface area contributed by atoms with Gasteiger partial charge in [0.15, 0.2) is 0 Å². The van der Waals surface area contributed by atoms with Crippen LogP contribution < -0.4 is 5.32 Å². The first-order chi connectivity index (χ1) is 9.99. The molecule has 0 bridgehead atoms. The van der Waals surface area contributed by atoms with E-state index < -0.39 is 0 Å². The summed E-state index contributed by atoms with van der Waals surface area (Å²) in [6.45, 7) is 8.00. The molecule has 21 heavy (non-hydrogen) atoms. The van der Waals surface area contributed by atoms with Crippen molar-refractivity contribution in [3.8, 4) is 0 Å². The highest BCUT2D eigenvalue weighted by Gasteiger charge is 2.44. The average molecular weight is 309 g/mol. The van der Waals surface area contributed by atoms with Gasteiger partial charge in [0.1, 0.15) is 0 Å². The minimum Gasteiger partial charge on any atom is -0.308 e. The fourth-order valence-corrected chi connectivity index (χ4v) is 4.74. The molecule has 0 saturated heterocycles. The molecule has 0 amide bonds. The molecule has 1 aromatic rings. The fraction of sp³-hybridized carbons (Fsp3) is 0.778. The van der Waals surface area contributed by atoms with Crippen molar-refractivity contribution in [3.05, 3.63) is 21.9 Å². The summed E-state index contributed by atoms with van der Waals surface area (Å²) in [5, 5.41) is 6.24. The van der Waals surface area contributed by atoms with Crippen LogP contribution in [0, 0.1) is 12.8 Å². The van der Waals surface area contributed by atoms with Crippen LogP contribution in [0.5, 0.6) is 0 Å². The van der Waals surface area contributed by atoms with Gasteiger partial charge in [0, 0.05) is 10.4 Å². The highest BCUT2D eigenvalue weighted by molar-refractivity contribution is 7.10. The lowest BCUT2D eigenvalue weighted by atomic mass is 9.70. The molecular formula is C18H32N2S. The number of hydrogen-bond donors (Lipinski definition) is 1. The van der Waals surface area contributed by atoms with Gasteiger partial charge in [-0.25, -0.2) is 0 Å². The maximum absolute atomic E-state index is 3.88. The predicted octanol–water partition coefficient (Wildman–Crippen LogP) is 4.61. The highest BCUT2D eigenvalue weighted by Crippen LogP contribution is 2.44. The second kappa shape index (κ2) is 7.26. The number of nitrogens with one attached hydrogen (secondary N) is 1. The highest BCUT2D eigenvalue weighted by atomic mass is 32.1. The zero-order valence-electron chi connectivity index (χ0n) is 14.4. The Morgan fingerprint density at radius 3 is 2.76 bits per heavy atom. The van der Waals surface area contributed by atoms with Gasteiger partial charge in [-0.05, 0) is 69.8 Å². The van der Waals surface area contributed by atoms with Crippen LogP contribution in [0.1, 0.15) is 62.4 Å². The molecule has 3 atom stereocenters. The Labute approximate surface area is 134 Å². The molecule has 1 fully saturated rings. The van der Waals surface area contributed by atoms with E-state index in [-0.39, 0.29) is 5.54 Å². The minimum atomic E-state index is 0.264. The second-order valence-corrected chi connectivity index (χ2v) is 8.19. The Kier molecular flexibility index (Phi) is 5.87. The third-order valence-electron chi connectivity index (χ3n) is 5.12. The third-order valence-corrected chi connectivity index (χ3v) is 6.00. The first kappa shape index (κ1) is 17.0. The van der Waals surface area contributed by atoms with E-state index in [4.69, 9.17) is 0 Å². The lowest BCUT2D eigenvalue weighted by Crippen LogP contribution is -2.56. The number of thiophene rings is 1. The van der Waals surface area contributed by atoms with Crippen LogP contribution in [0.25, 0.3) is 0 Å². The zero-order valence-corrected chi connectivity index (χ0v) is 15.2. The summed E-state index contributed by atoms with van der Waals surface area (Å²) in [5.74, 6) is 0.826. The van der Waals surface area contributed by atoms with Gasteiger partial charge in [0.25, 0.3) is 0 Å². The van der Waals surface area contributed by atoms with E-state index in [0.717, 1.165) is 12.5 Å². The summed E-state index contributed by atoms with van der Waals surface area (Å²) in [5.41, 5.74) is 1.76. The molecule has 1 N–H and O–H groups in total. The van der Waals surface area contributed by atoms with E-state index in [1.54, 1.807) is 0 Å². The molecule has 1 aliphatic carbocycles. The maximum Gasteiger partial charge on any atom is 0.0515 e. The number of likely N-dealkylation sites (N-methyl/N-ethyl adjacent to an activating group) is 1. The number of rotatable bonds is 6. The van der Waals surface area contributed by atoms with Gasteiger partial charge in [-0.3, -0.25) is 0 Å². The third kappa shape index (κ3) is 3.69. The van der Waals surface area contributed by atoms with Crippen LogP contribution in [-0.2, 0) is 0 Å². The molecule has 0 aliphatic heterocycles. The quantitative estimate of drug-likeness (QED) is 0.825. The molecule has 1 saturated carbocycles. The molecule has 0 aromatic carbocycles. The van der Waals surface area contributed by atoms with Crippen molar-refractivity contribution < 1.29 is 0 Å². The molecular weight excluding hydrogens is 276 g/mol. The van der Waals surface area contributed by atoms with Gasteiger partial charge >= 0.3 is 0 Å². The van der Waals surface area contributed by atoms with Gasteiger partial charge < -0.3 is 10.2 Å². The van der Waals surface area contributed by atoms with E-state index in [1.807, 2.05) is 11.3 Å². The summed E-state index contributed by atoms with van der Waals surface area (Å²) >= 11 is 1.88. The summed E-state index contributed by atoms with van der Waals surface area (Å²) in [6, 6.07) is 2.85. The van der Waals surface area contributed by atoms with E-state index >= 15 is 0 Å². The van der Waals surface area contributed by atoms with Gasteiger partial charge in [-0.1, -0.05) is 26.7 Å². The standard InChI is InChI=1S/C18H32N2S/c1-6-10-19-17(16-11-15(3)21-13-16)18(20(4)5)9-7-8-14(2)12-18/h11,13-14,17,19H,6-10,12H2,1-5H3. The lowest BCUT2D eigenvalue weighted by molar-refractivity contribution is 0.0368. The largest absolute Gasteiger partial charge is 0.308 e. The zero-order chi connectivity index (χ0) is 15.5. The normalized spacial score (nSPS) is 28.0. The molecule has 3 heteroatoms. The molecule has 2 rings (SSSR count). The number of nitrogens with zero attached hydrogens (tertiary/aromatic N) is 1. The molecule has 0 radical (unpaired) electrons. The van der Waals surface area contributed by atoms with Crippen molar-refractivity contribution in [3.63, 3.8) is 0 Å². The molecule has 120 valence electrons. The van der Waals surface area contributed by atoms with E-state index in [0.29, 0.717) is 6.04 Å². The van der Waals surface area contributed by atoms with E-state index in [9.17, 15) is 0 Å². The van der Waals surface area contributed by atoms with E-state index in [2.05, 4.69) is 56.5 Å². The Morgan fingerprint density at radius 1 is 1.48 bits per heavy atom. The van der Waals surface area contributed by atoms with Crippen LogP contribution in [0.15, 0.2) is 11.4 Å². The summed E-state index contributed by atoms with van der Waals surface area (Å²) in [6.07, 6.45) is 6.54. The molecule has 0 spiro atoms. The molecule has 1 aromatic heterocycles. The Balaban J connectivity index is 2.35. The predicted molar refractivity (Wildman–Crippen MR) is 94.1 cm³/mol. The van der Waals surface area contributed by atoms with Crippen molar-refractivity contribution in [1.29, 1.82) is 0 Å². The Bertz CT molecular complexity index is 440. The van der Waals surface area contributed by atoms with Crippen molar-refractivity contribution >= 4 is 11.3 Å². The summed E-state index contributed by atoms with van der Waals surface area (Å²) in [4.78, 5) is 3.93. The van der Waals surface area contributed by atoms with Crippen LogP contribution >= 0.6 is 11.3 Å². The van der Waals surface area contributed by atoms with Crippen LogP contribution in [0.3, 0.4) is 0 Å². The first-order valence-corrected chi connectivity index (χ1v) is 9.33. The van der Waals surface area contributed by atoms with Crippen LogP contribution in [0.4, 0.5) is 0 Å². The van der Waals surface area contributed by atoms with Crippen molar-refractivity contribution in [2.24, 2.45) is 5.92 Å². The first-order valence-electron chi connectivity index (χ1n) is 8.45. The number of aryl methyl sites for hydroxylation is 1. The average Bonchev–Trinajstić information content (AvgIpc) is 2.85. The van der Waals surface area contributed by atoms with Crippen molar-refractivity contribution in [2.45, 2.75) is 64.5 Å². The van der Waals surface area contributed by atoms with Crippen molar-refractivity contribution in [2.75, 3.05) is 20.6 Å². The maximum atomic E-state index is 3.88. The second-order valence-electron chi connectivity index (χ2n) is 7.08. The van der Waals surface area contributed by atoms with Gasteiger partial charge in [0.05, 0.1) is 6.04 Å². The Hall–Kier alpha value is -0.380. The molecule has 2 nitrogen and oxygen atoms in total. The van der Waals surface area contributed by atoms with Gasteiger partial charge in [-0.2, -0.15) is 0 Å². The minimum absolute atomic E-state index is 0.264. The monoisotopic (exact) mass is 308 g/mol. The fourth-order valence-electron chi connectivity index (χ4n) is 4.01. The van der Waals surface area contributed by atoms with Crippen LogP contribution in [0.2, 0.25) is 0 Å². The SMILES string of the molecule is CCCNC(c1csc(C)c1)C1(N(C)C)CCCC(C)C1. The molecule has 3 unspecified atom stereocenters. The van der Waals surface area contributed by atoms with E-state index in [1.165, 1.54) is 42.5 Å². The van der Waals surface area contributed by atoms with Crippen molar-refractivity contribution in [1.82, 2.24) is 10.2 Å². The Morgan fingerprint density at radius 2 is 2.24 bits per heavy atom. The molecule has 1 aliphatic rings. The van der Waals surface area contributed by atoms with Gasteiger partial charge in [0.2, 0.25) is 0 Å². The van der Waals surface area contributed by atoms with Gasteiger partial charge in [-0.15, -0.1) is 11.3 Å². The topological polar surface area (TPSA) is 15.3 Å². The number of hydrogen-bond acceptors (Lipinski definition) is 3. The molecule has 1 heterocycles. The smallest absolute Gasteiger partial charge is 0.0515 e. The summed E-state index contributed by atoms with van der Waals surface area (Å²) < 4.78 is 0. The summed E-state index contributed by atoms with van der Waals surface area (Å²) in [7, 11) is 4.55. The van der Waals surface area contributed by atoms with Crippen LogP contribution in [-0.4, -0.2) is 31.1 Å². The lowest BCUT2D eigenvalue weighted by Gasteiger charge is -2.50.